The number of methoxy groups -OCH3 is 1. The number of hydrogen-bond donors (Lipinski definition) is 1. The lowest BCUT2D eigenvalue weighted by Gasteiger charge is -2.36. The Balaban J connectivity index is 1.42. The molecule has 1 atom stereocenters. The summed E-state index contributed by atoms with van der Waals surface area (Å²) in [6.45, 7) is 5.58. The van der Waals surface area contributed by atoms with Gasteiger partial charge in [-0.15, -0.1) is 0 Å². The van der Waals surface area contributed by atoms with Crippen molar-refractivity contribution in [1.29, 1.82) is 0 Å². The van der Waals surface area contributed by atoms with Gasteiger partial charge in [0.05, 0.1) is 24.8 Å². The molecule has 3 heterocycles. The zero-order valence-corrected chi connectivity index (χ0v) is 16.5. The van der Waals surface area contributed by atoms with Crippen LogP contribution in [0.15, 0.2) is 23.0 Å². The number of H-pyrrole nitrogens is 1. The molecular weight excluding hydrogens is 360 g/mol. The Morgan fingerprint density at radius 1 is 1.18 bits per heavy atom. The third-order valence-corrected chi connectivity index (χ3v) is 5.99. The van der Waals surface area contributed by atoms with E-state index in [0.717, 1.165) is 62.2 Å². The number of imidazole rings is 1. The van der Waals surface area contributed by atoms with Gasteiger partial charge in [-0.1, -0.05) is 0 Å². The van der Waals surface area contributed by atoms with Crippen LogP contribution in [-0.4, -0.2) is 71.4 Å². The Labute approximate surface area is 164 Å². The number of ether oxygens (including phenoxy) is 2. The fourth-order valence-electron chi connectivity index (χ4n) is 4.52. The molecule has 2 aliphatic rings. The maximum atomic E-state index is 12.5. The van der Waals surface area contributed by atoms with Crippen LogP contribution in [0.1, 0.15) is 32.2 Å². The van der Waals surface area contributed by atoms with E-state index in [0.29, 0.717) is 12.6 Å². The predicted molar refractivity (Wildman–Crippen MR) is 106 cm³/mol. The Hall–Kier alpha value is -2.48. The number of piperidine rings is 1. The number of nitrogens with zero attached hydrogens (tertiary/aromatic N) is 3. The van der Waals surface area contributed by atoms with Crippen molar-refractivity contribution in [1.82, 2.24) is 19.4 Å². The van der Waals surface area contributed by atoms with Crippen LogP contribution < -0.4 is 10.4 Å². The van der Waals surface area contributed by atoms with Crippen LogP contribution in [0.25, 0.3) is 11.0 Å². The van der Waals surface area contributed by atoms with Crippen LogP contribution in [0.3, 0.4) is 0 Å². The predicted octanol–water partition coefficient (Wildman–Crippen LogP) is 2.21. The zero-order valence-electron chi connectivity index (χ0n) is 16.5. The minimum Gasteiger partial charge on any atom is -0.497 e. The maximum Gasteiger partial charge on any atom is 0.409 e. The van der Waals surface area contributed by atoms with Crippen molar-refractivity contribution in [2.24, 2.45) is 0 Å². The van der Waals surface area contributed by atoms with Crippen molar-refractivity contribution in [3.8, 4) is 5.75 Å². The Morgan fingerprint density at radius 3 is 2.64 bits per heavy atom. The summed E-state index contributed by atoms with van der Waals surface area (Å²) in [4.78, 5) is 31.7. The highest BCUT2D eigenvalue weighted by molar-refractivity contribution is 5.77. The van der Waals surface area contributed by atoms with Crippen LogP contribution in [0.2, 0.25) is 0 Å². The summed E-state index contributed by atoms with van der Waals surface area (Å²) in [6.07, 6.45) is 2.60. The lowest BCUT2D eigenvalue weighted by Crippen LogP contribution is -2.44. The molecule has 0 aliphatic carbocycles. The molecule has 2 saturated heterocycles. The summed E-state index contributed by atoms with van der Waals surface area (Å²) < 4.78 is 12.3. The molecule has 1 aromatic heterocycles. The number of nitrogens with one attached hydrogen (secondary N) is 1. The van der Waals surface area contributed by atoms with Crippen molar-refractivity contribution in [3.63, 3.8) is 0 Å². The van der Waals surface area contributed by atoms with Crippen LogP contribution >= 0.6 is 0 Å². The fourth-order valence-corrected chi connectivity index (χ4v) is 4.52. The second-order valence-electron chi connectivity index (χ2n) is 7.54. The van der Waals surface area contributed by atoms with Crippen LogP contribution in [0.5, 0.6) is 5.75 Å². The van der Waals surface area contributed by atoms with E-state index < -0.39 is 0 Å². The molecule has 0 spiro atoms. The molecule has 28 heavy (non-hydrogen) atoms. The summed E-state index contributed by atoms with van der Waals surface area (Å²) >= 11 is 0. The molecule has 8 nitrogen and oxygen atoms in total. The van der Waals surface area contributed by atoms with Gasteiger partial charge in [0.15, 0.2) is 0 Å². The summed E-state index contributed by atoms with van der Waals surface area (Å²) in [5.74, 6) is 0.752. The number of amides is 1. The average molecular weight is 388 g/mol. The van der Waals surface area contributed by atoms with Crippen LogP contribution in [0.4, 0.5) is 4.79 Å². The van der Waals surface area contributed by atoms with E-state index >= 15 is 0 Å². The quantitative estimate of drug-likeness (QED) is 0.869. The maximum absolute atomic E-state index is 12.5. The molecule has 0 bridgehead atoms. The average Bonchev–Trinajstić information content (AvgIpc) is 3.32. The van der Waals surface area contributed by atoms with Crippen molar-refractivity contribution in [2.75, 3.05) is 39.9 Å². The van der Waals surface area contributed by atoms with E-state index in [1.807, 2.05) is 29.7 Å². The van der Waals surface area contributed by atoms with Crippen molar-refractivity contribution in [3.05, 3.63) is 28.7 Å². The molecule has 0 unspecified atom stereocenters. The molecule has 2 aromatic rings. The summed E-state index contributed by atoms with van der Waals surface area (Å²) in [5.41, 5.74) is 1.68. The molecule has 8 heteroatoms. The molecule has 4 rings (SSSR count). The van der Waals surface area contributed by atoms with Gasteiger partial charge in [-0.25, -0.2) is 9.59 Å². The highest BCUT2D eigenvalue weighted by atomic mass is 16.6. The van der Waals surface area contributed by atoms with Gasteiger partial charge in [-0.2, -0.15) is 0 Å². The monoisotopic (exact) mass is 388 g/mol. The Bertz CT molecular complexity index is 897. The van der Waals surface area contributed by atoms with Gasteiger partial charge in [0.1, 0.15) is 5.75 Å². The summed E-state index contributed by atoms with van der Waals surface area (Å²) in [6, 6.07) is 6.23. The van der Waals surface area contributed by atoms with Gasteiger partial charge in [-0.05, 0) is 38.3 Å². The standard InChI is InChI=1S/C20H28N4O4/c1-3-28-20(26)23-11-8-15(13-23)22-9-6-14(7-10-22)24-18-12-16(27-2)4-5-17(18)21-19(24)25/h4-5,12,14-15H,3,6-11,13H2,1-2H3,(H,21,25)/t15-/m1/s1. The van der Waals surface area contributed by atoms with Crippen LogP contribution in [-0.2, 0) is 4.74 Å². The van der Waals surface area contributed by atoms with E-state index in [1.165, 1.54) is 0 Å². The number of aromatic nitrogens is 2. The van der Waals surface area contributed by atoms with Crippen molar-refractivity contribution < 1.29 is 14.3 Å². The molecule has 2 fully saturated rings. The number of rotatable bonds is 4. The molecule has 1 amide bonds. The number of benzene rings is 1. The third-order valence-electron chi connectivity index (χ3n) is 5.99. The highest BCUT2D eigenvalue weighted by Gasteiger charge is 2.33. The van der Waals surface area contributed by atoms with E-state index in [9.17, 15) is 9.59 Å². The van der Waals surface area contributed by atoms with Gasteiger partial charge >= 0.3 is 11.8 Å². The first-order chi connectivity index (χ1) is 13.6. The SMILES string of the molecule is CCOC(=O)N1CC[C@@H](N2CCC(n3c(=O)[nH]c4ccc(OC)cc43)CC2)C1. The van der Waals surface area contributed by atoms with Gasteiger partial charge in [0, 0.05) is 44.3 Å². The van der Waals surface area contributed by atoms with E-state index in [2.05, 4.69) is 9.88 Å². The van der Waals surface area contributed by atoms with Crippen molar-refractivity contribution >= 4 is 17.1 Å². The number of aromatic amines is 1. The summed E-state index contributed by atoms with van der Waals surface area (Å²) in [5, 5.41) is 0. The van der Waals surface area contributed by atoms with Crippen LogP contribution in [0, 0.1) is 0 Å². The van der Waals surface area contributed by atoms with Crippen molar-refractivity contribution in [2.45, 2.75) is 38.3 Å². The Morgan fingerprint density at radius 2 is 1.93 bits per heavy atom. The topological polar surface area (TPSA) is 79.8 Å². The molecular formula is C20H28N4O4. The first-order valence-electron chi connectivity index (χ1n) is 10.0. The minimum atomic E-state index is -0.209. The number of carbonyl (C=O) groups is 1. The van der Waals surface area contributed by atoms with E-state index in [1.54, 1.807) is 12.0 Å². The smallest absolute Gasteiger partial charge is 0.409 e. The summed E-state index contributed by atoms with van der Waals surface area (Å²) in [7, 11) is 1.63. The number of likely N-dealkylation sites (tertiary alicyclic amines) is 2. The number of carbonyl (C=O) groups excluding carboxylic acids is 1. The minimum absolute atomic E-state index is 0.0592. The number of fused-ring (bicyclic) bond motifs is 1. The largest absolute Gasteiger partial charge is 0.497 e. The second-order valence-corrected chi connectivity index (χ2v) is 7.54. The van der Waals surface area contributed by atoms with E-state index in [-0.39, 0.29) is 17.8 Å². The van der Waals surface area contributed by atoms with Gasteiger partial charge < -0.3 is 19.4 Å². The zero-order chi connectivity index (χ0) is 19.7. The molecule has 0 radical (unpaired) electrons. The number of hydrogen-bond acceptors (Lipinski definition) is 5. The fraction of sp³-hybridized carbons (Fsp3) is 0.600. The molecule has 0 saturated carbocycles. The molecule has 1 aromatic carbocycles. The molecule has 152 valence electrons. The van der Waals surface area contributed by atoms with E-state index in [4.69, 9.17) is 9.47 Å². The molecule has 1 N–H and O–H groups in total. The van der Waals surface area contributed by atoms with Gasteiger partial charge in [0.2, 0.25) is 0 Å². The second kappa shape index (κ2) is 7.87. The first kappa shape index (κ1) is 18.9. The van der Waals surface area contributed by atoms with Gasteiger partial charge in [-0.3, -0.25) is 9.47 Å². The molecule has 2 aliphatic heterocycles. The third kappa shape index (κ3) is 3.48. The first-order valence-corrected chi connectivity index (χ1v) is 10.0. The normalized spacial score (nSPS) is 21.4. The van der Waals surface area contributed by atoms with Gasteiger partial charge in [0.25, 0.3) is 0 Å². The lowest BCUT2D eigenvalue weighted by molar-refractivity contribution is 0.105. The highest BCUT2D eigenvalue weighted by Crippen LogP contribution is 2.29. The lowest BCUT2D eigenvalue weighted by atomic mass is 10.0. The Kier molecular flexibility index (Phi) is 5.30.